The number of hydrogen-bond donors (Lipinski definition) is 1. The average molecular weight is 390 g/mol. The lowest BCUT2D eigenvalue weighted by Crippen LogP contribution is -2.37. The van der Waals surface area contributed by atoms with Crippen molar-refractivity contribution in [3.05, 3.63) is 50.9 Å². The highest BCUT2D eigenvalue weighted by Crippen LogP contribution is 2.16. The molecule has 0 fully saturated rings. The van der Waals surface area contributed by atoms with E-state index in [1.54, 1.807) is 23.1 Å². The molecule has 0 saturated carbocycles. The number of esters is 1. The maximum absolute atomic E-state index is 12.3. The minimum absolute atomic E-state index is 0.0310. The van der Waals surface area contributed by atoms with Crippen molar-refractivity contribution < 1.29 is 9.53 Å². The zero-order valence-corrected chi connectivity index (χ0v) is 15.7. The van der Waals surface area contributed by atoms with Gasteiger partial charge in [-0.2, -0.15) is 0 Å². The van der Waals surface area contributed by atoms with E-state index < -0.39 is 17.2 Å². The molecule has 0 aliphatic heterocycles. The van der Waals surface area contributed by atoms with E-state index in [4.69, 9.17) is 4.74 Å². The number of nitrogens with one attached hydrogen (secondary N) is 1. The van der Waals surface area contributed by atoms with Gasteiger partial charge in [-0.25, -0.2) is 19.6 Å². The van der Waals surface area contributed by atoms with Gasteiger partial charge in [-0.3, -0.25) is 13.9 Å². The van der Waals surface area contributed by atoms with Crippen molar-refractivity contribution in [1.82, 2.24) is 23.7 Å². The summed E-state index contributed by atoms with van der Waals surface area (Å²) in [6, 6.07) is 0. The largest absolute Gasteiger partial charge is 0.459 e. The van der Waals surface area contributed by atoms with Crippen LogP contribution in [-0.2, 0) is 25.4 Å². The third-order valence-corrected chi connectivity index (χ3v) is 4.69. The first-order chi connectivity index (χ1) is 12.9. The van der Waals surface area contributed by atoms with Crippen LogP contribution in [0.4, 0.5) is 5.13 Å². The second kappa shape index (κ2) is 7.58. The standard InChI is InChI=1S/C16H18N6O4S/c1-4-5-17-15-19-10(8-27-15)14(24)26-7-6-22-9-18-12-11(22)13(23)21(3)16(25)20(12)2/h4,8-9H,1,5-7H2,2-3H3,(H,17,19). The van der Waals surface area contributed by atoms with E-state index in [0.29, 0.717) is 11.7 Å². The van der Waals surface area contributed by atoms with Gasteiger partial charge in [-0.1, -0.05) is 6.08 Å². The Balaban J connectivity index is 1.70. The molecular formula is C16H18N6O4S. The molecule has 3 aromatic heterocycles. The summed E-state index contributed by atoms with van der Waals surface area (Å²) < 4.78 is 9.09. The Morgan fingerprint density at radius 1 is 1.37 bits per heavy atom. The number of aryl methyl sites for hydroxylation is 1. The molecule has 0 spiro atoms. The maximum Gasteiger partial charge on any atom is 0.357 e. The Kier molecular flexibility index (Phi) is 5.21. The number of aromatic nitrogens is 5. The predicted octanol–water partition coefficient (Wildman–Crippen LogP) is 0.345. The van der Waals surface area contributed by atoms with Crippen molar-refractivity contribution in [2.75, 3.05) is 18.5 Å². The van der Waals surface area contributed by atoms with Crippen LogP contribution in [0.15, 0.2) is 34.0 Å². The van der Waals surface area contributed by atoms with Crippen LogP contribution in [0.2, 0.25) is 0 Å². The zero-order valence-electron chi connectivity index (χ0n) is 14.8. The summed E-state index contributed by atoms with van der Waals surface area (Å²) in [4.78, 5) is 44.6. The number of fused-ring (bicyclic) bond motifs is 1. The van der Waals surface area contributed by atoms with Crippen LogP contribution in [-0.4, -0.2) is 42.8 Å². The number of hydrogen-bond acceptors (Lipinski definition) is 8. The molecule has 27 heavy (non-hydrogen) atoms. The molecular weight excluding hydrogens is 372 g/mol. The first-order valence-electron chi connectivity index (χ1n) is 8.02. The second-order valence-electron chi connectivity index (χ2n) is 5.66. The van der Waals surface area contributed by atoms with E-state index >= 15 is 0 Å². The molecule has 0 amide bonds. The smallest absolute Gasteiger partial charge is 0.357 e. The van der Waals surface area contributed by atoms with Crippen LogP contribution in [0.1, 0.15) is 10.5 Å². The molecule has 0 aliphatic carbocycles. The second-order valence-corrected chi connectivity index (χ2v) is 6.52. The van der Waals surface area contributed by atoms with Gasteiger partial charge in [0.05, 0.1) is 12.9 Å². The summed E-state index contributed by atoms with van der Waals surface area (Å²) in [7, 11) is 2.95. The molecule has 3 rings (SSSR count). The van der Waals surface area contributed by atoms with Crippen LogP contribution in [0.3, 0.4) is 0 Å². The lowest BCUT2D eigenvalue weighted by atomic mass is 10.5. The van der Waals surface area contributed by atoms with E-state index in [0.717, 1.165) is 4.57 Å². The fourth-order valence-electron chi connectivity index (χ4n) is 2.49. The molecule has 0 saturated heterocycles. The highest BCUT2D eigenvalue weighted by atomic mass is 32.1. The summed E-state index contributed by atoms with van der Waals surface area (Å²) in [5.74, 6) is -0.553. The molecule has 0 unspecified atom stereocenters. The molecule has 0 atom stereocenters. The van der Waals surface area contributed by atoms with Crippen molar-refractivity contribution in [2.24, 2.45) is 14.1 Å². The van der Waals surface area contributed by atoms with E-state index in [-0.39, 0.29) is 30.0 Å². The van der Waals surface area contributed by atoms with Crippen LogP contribution in [0.5, 0.6) is 0 Å². The molecule has 3 aromatic rings. The molecule has 1 N–H and O–H groups in total. The fourth-order valence-corrected chi connectivity index (χ4v) is 3.18. The molecule has 3 heterocycles. The predicted molar refractivity (Wildman–Crippen MR) is 101 cm³/mol. The number of thiazole rings is 1. The van der Waals surface area contributed by atoms with Crippen molar-refractivity contribution in [2.45, 2.75) is 6.54 Å². The van der Waals surface area contributed by atoms with Gasteiger partial charge in [0.1, 0.15) is 6.61 Å². The van der Waals surface area contributed by atoms with Crippen LogP contribution in [0, 0.1) is 0 Å². The topological polar surface area (TPSA) is 113 Å². The van der Waals surface area contributed by atoms with Gasteiger partial charge < -0.3 is 14.6 Å². The zero-order chi connectivity index (χ0) is 19.6. The summed E-state index contributed by atoms with van der Waals surface area (Å²) >= 11 is 1.29. The van der Waals surface area contributed by atoms with Crippen molar-refractivity contribution in [3.8, 4) is 0 Å². The third kappa shape index (κ3) is 3.53. The number of carbonyl (C=O) groups excluding carboxylic acids is 1. The summed E-state index contributed by atoms with van der Waals surface area (Å²) in [5.41, 5.74) is -0.129. The van der Waals surface area contributed by atoms with Gasteiger partial charge in [0.2, 0.25) is 0 Å². The monoisotopic (exact) mass is 390 g/mol. The van der Waals surface area contributed by atoms with Crippen LogP contribution in [0.25, 0.3) is 11.2 Å². The summed E-state index contributed by atoms with van der Waals surface area (Å²) in [6.07, 6.45) is 3.13. The first-order valence-corrected chi connectivity index (χ1v) is 8.90. The van der Waals surface area contributed by atoms with Gasteiger partial charge >= 0.3 is 11.7 Å². The van der Waals surface area contributed by atoms with Crippen LogP contribution < -0.4 is 16.6 Å². The molecule has 0 radical (unpaired) electrons. The van der Waals surface area contributed by atoms with E-state index in [2.05, 4.69) is 21.9 Å². The van der Waals surface area contributed by atoms with Gasteiger partial charge in [0.25, 0.3) is 5.56 Å². The van der Waals surface area contributed by atoms with Gasteiger partial charge in [0.15, 0.2) is 22.0 Å². The first kappa shape index (κ1) is 18.6. The Morgan fingerprint density at radius 3 is 2.89 bits per heavy atom. The Morgan fingerprint density at radius 2 is 2.15 bits per heavy atom. The van der Waals surface area contributed by atoms with E-state index in [1.165, 1.54) is 29.3 Å². The summed E-state index contributed by atoms with van der Waals surface area (Å²) in [5, 5.41) is 5.20. The highest BCUT2D eigenvalue weighted by Gasteiger charge is 2.15. The number of rotatable bonds is 7. The average Bonchev–Trinajstić information content (AvgIpc) is 3.30. The number of imidazole rings is 1. The summed E-state index contributed by atoms with van der Waals surface area (Å²) in [6.45, 7) is 4.40. The van der Waals surface area contributed by atoms with Crippen molar-refractivity contribution in [1.29, 1.82) is 0 Å². The molecule has 0 aliphatic rings. The lowest BCUT2D eigenvalue weighted by molar-refractivity contribution is 0.0486. The number of anilines is 1. The minimum Gasteiger partial charge on any atom is -0.459 e. The number of ether oxygens (including phenoxy) is 1. The van der Waals surface area contributed by atoms with Crippen LogP contribution >= 0.6 is 11.3 Å². The van der Waals surface area contributed by atoms with Gasteiger partial charge in [-0.05, 0) is 0 Å². The minimum atomic E-state index is -0.553. The number of nitrogens with zero attached hydrogens (tertiary/aromatic N) is 5. The molecule has 0 bridgehead atoms. The SMILES string of the molecule is C=CCNc1nc(C(=O)OCCn2cnc3c2c(=O)n(C)c(=O)n3C)cs1. The molecule has 0 aromatic carbocycles. The molecule has 142 valence electrons. The molecule has 10 nitrogen and oxygen atoms in total. The van der Waals surface area contributed by atoms with E-state index in [1.807, 2.05) is 0 Å². The maximum atomic E-state index is 12.3. The highest BCUT2D eigenvalue weighted by molar-refractivity contribution is 7.13. The third-order valence-electron chi connectivity index (χ3n) is 3.89. The quantitative estimate of drug-likeness (QED) is 0.457. The Hall–Kier alpha value is -3.21. The lowest BCUT2D eigenvalue weighted by Gasteiger charge is -2.07. The molecule has 11 heteroatoms. The Bertz CT molecular complexity index is 1120. The Labute approximate surface area is 157 Å². The van der Waals surface area contributed by atoms with Gasteiger partial charge in [-0.15, -0.1) is 17.9 Å². The van der Waals surface area contributed by atoms with Crippen molar-refractivity contribution >= 4 is 33.6 Å². The van der Waals surface area contributed by atoms with Gasteiger partial charge in [0, 0.05) is 26.0 Å². The normalized spacial score (nSPS) is 10.9. The van der Waals surface area contributed by atoms with E-state index in [9.17, 15) is 14.4 Å². The van der Waals surface area contributed by atoms with Crippen molar-refractivity contribution in [3.63, 3.8) is 0 Å². The fraction of sp³-hybridized carbons (Fsp3) is 0.312. The number of carbonyl (C=O) groups is 1.